The fraction of sp³-hybridized carbons (Fsp3) is 0.346. The number of benzene rings is 1. The number of nitrogens with one attached hydrogen (secondary N) is 1. The summed E-state index contributed by atoms with van der Waals surface area (Å²) in [4.78, 5) is 27.6. The second-order valence-corrected chi connectivity index (χ2v) is 8.51. The summed E-state index contributed by atoms with van der Waals surface area (Å²) in [5.41, 5.74) is 2.95. The Labute approximate surface area is 208 Å². The molecule has 5 rings (SSSR count). The number of nitriles is 1. The Bertz CT molecular complexity index is 1270. The first-order valence-corrected chi connectivity index (χ1v) is 11.9. The highest BCUT2D eigenvalue weighted by molar-refractivity contribution is 5.95. The third-order valence-electron chi connectivity index (χ3n) is 6.05. The quantitative estimate of drug-likeness (QED) is 0.560. The van der Waals surface area contributed by atoms with E-state index in [1.807, 2.05) is 12.1 Å². The minimum atomic E-state index is -0.0868. The van der Waals surface area contributed by atoms with E-state index in [0.717, 1.165) is 18.4 Å². The van der Waals surface area contributed by atoms with Crippen LogP contribution in [0, 0.1) is 11.3 Å². The van der Waals surface area contributed by atoms with Crippen LogP contribution in [0.4, 0.5) is 11.6 Å². The molecular formula is C26H26N6O4. The number of pyridine rings is 1. The van der Waals surface area contributed by atoms with Crippen LogP contribution in [0.2, 0.25) is 0 Å². The van der Waals surface area contributed by atoms with Crippen LogP contribution in [0.5, 0.6) is 5.75 Å². The molecule has 1 N–H and O–H groups in total. The Morgan fingerprint density at radius 1 is 1.08 bits per heavy atom. The van der Waals surface area contributed by atoms with Crippen molar-refractivity contribution in [2.75, 3.05) is 44.8 Å². The van der Waals surface area contributed by atoms with E-state index in [2.05, 4.69) is 26.3 Å². The number of nitrogens with zero attached hydrogens (tertiary/aromatic N) is 5. The number of hydrogen-bond donors (Lipinski definition) is 1. The van der Waals surface area contributed by atoms with Crippen LogP contribution in [-0.4, -0.2) is 71.4 Å². The van der Waals surface area contributed by atoms with E-state index < -0.39 is 0 Å². The summed E-state index contributed by atoms with van der Waals surface area (Å²) in [6.07, 6.45) is 6.46. The molecule has 10 nitrogen and oxygen atoms in total. The van der Waals surface area contributed by atoms with Crippen LogP contribution in [0.15, 0.2) is 48.9 Å². The molecule has 0 aliphatic carbocycles. The number of anilines is 2. The van der Waals surface area contributed by atoms with Crippen molar-refractivity contribution in [1.29, 1.82) is 5.26 Å². The lowest BCUT2D eigenvalue weighted by atomic mass is 10.1. The molecule has 10 heteroatoms. The van der Waals surface area contributed by atoms with E-state index in [-0.39, 0.29) is 12.0 Å². The lowest BCUT2D eigenvalue weighted by Gasteiger charge is -2.26. The molecule has 2 fully saturated rings. The van der Waals surface area contributed by atoms with Crippen LogP contribution >= 0.6 is 0 Å². The number of ether oxygens (including phenoxy) is 3. The van der Waals surface area contributed by atoms with Crippen molar-refractivity contribution in [3.63, 3.8) is 0 Å². The first-order valence-electron chi connectivity index (χ1n) is 11.9. The Morgan fingerprint density at radius 2 is 1.89 bits per heavy atom. The normalized spacial score (nSPS) is 16.2. The lowest BCUT2D eigenvalue weighted by Crippen LogP contribution is -2.40. The predicted molar refractivity (Wildman–Crippen MR) is 131 cm³/mol. The van der Waals surface area contributed by atoms with Gasteiger partial charge in [0.25, 0.3) is 5.91 Å². The van der Waals surface area contributed by atoms with E-state index >= 15 is 0 Å². The van der Waals surface area contributed by atoms with Crippen LogP contribution < -0.4 is 10.1 Å². The van der Waals surface area contributed by atoms with Gasteiger partial charge in [0, 0.05) is 43.9 Å². The van der Waals surface area contributed by atoms with Crippen molar-refractivity contribution in [1.82, 2.24) is 19.9 Å². The molecule has 36 heavy (non-hydrogen) atoms. The summed E-state index contributed by atoms with van der Waals surface area (Å²) in [6.45, 7) is 3.53. The number of amides is 1. The number of morpholine rings is 1. The molecule has 0 spiro atoms. The molecule has 0 bridgehead atoms. The van der Waals surface area contributed by atoms with Crippen LogP contribution in [0.3, 0.4) is 0 Å². The van der Waals surface area contributed by atoms with Crippen molar-refractivity contribution >= 4 is 17.5 Å². The Hall–Kier alpha value is -4.07. The number of carbonyl (C=O) groups is 1. The molecule has 1 aromatic carbocycles. The fourth-order valence-electron chi connectivity index (χ4n) is 4.14. The molecule has 0 atom stereocenters. The first kappa shape index (κ1) is 23.7. The SMILES string of the molecule is N#Cc1cc(-c2ccnc(Nc3cncc(C(=O)N4CCOCC4)c3)n2)ccc1OC1CCOCC1. The van der Waals surface area contributed by atoms with Gasteiger partial charge in [-0.25, -0.2) is 9.97 Å². The summed E-state index contributed by atoms with van der Waals surface area (Å²) in [6, 6.07) is 11.2. The monoisotopic (exact) mass is 486 g/mol. The third-order valence-corrected chi connectivity index (χ3v) is 6.05. The number of aromatic nitrogens is 3. The van der Waals surface area contributed by atoms with Gasteiger partial charge in [-0.2, -0.15) is 5.26 Å². The summed E-state index contributed by atoms with van der Waals surface area (Å²) in [7, 11) is 0. The van der Waals surface area contributed by atoms with Gasteiger partial charge < -0.3 is 24.4 Å². The topological polar surface area (TPSA) is 122 Å². The molecule has 1 amide bonds. The van der Waals surface area contributed by atoms with E-state index in [1.54, 1.807) is 41.7 Å². The molecule has 2 saturated heterocycles. The highest BCUT2D eigenvalue weighted by atomic mass is 16.5. The molecule has 0 radical (unpaired) electrons. The molecule has 4 heterocycles. The second kappa shape index (κ2) is 11.1. The van der Waals surface area contributed by atoms with Gasteiger partial charge in [-0.15, -0.1) is 0 Å². The van der Waals surface area contributed by atoms with Crippen molar-refractivity contribution in [2.45, 2.75) is 18.9 Å². The third kappa shape index (κ3) is 5.59. The summed E-state index contributed by atoms with van der Waals surface area (Å²) in [5.74, 6) is 0.830. The van der Waals surface area contributed by atoms with Gasteiger partial charge in [0.05, 0.1) is 55.1 Å². The number of rotatable bonds is 6. The molecule has 2 aliphatic rings. The van der Waals surface area contributed by atoms with Gasteiger partial charge in [0.1, 0.15) is 17.9 Å². The Kier molecular flexibility index (Phi) is 7.30. The van der Waals surface area contributed by atoms with Gasteiger partial charge in [0.15, 0.2) is 0 Å². The zero-order valence-electron chi connectivity index (χ0n) is 19.7. The minimum Gasteiger partial charge on any atom is -0.489 e. The van der Waals surface area contributed by atoms with Crippen LogP contribution in [0.1, 0.15) is 28.8 Å². The van der Waals surface area contributed by atoms with Crippen LogP contribution in [-0.2, 0) is 9.47 Å². The standard InChI is InChI=1S/C26H26N6O4/c27-15-19-13-18(1-2-24(19)36-22-4-9-34-10-5-22)23-3-6-29-26(31-23)30-21-14-20(16-28-17-21)25(33)32-7-11-35-12-8-32/h1-3,6,13-14,16-17,22H,4-5,7-12H2,(H,29,30,31). The average molecular weight is 487 g/mol. The van der Waals surface area contributed by atoms with Crippen molar-refractivity contribution in [2.24, 2.45) is 0 Å². The lowest BCUT2D eigenvalue weighted by molar-refractivity contribution is 0.0254. The largest absolute Gasteiger partial charge is 0.489 e. The van der Waals surface area contributed by atoms with Gasteiger partial charge in [-0.1, -0.05) is 0 Å². The van der Waals surface area contributed by atoms with Crippen molar-refractivity contribution in [3.8, 4) is 23.1 Å². The van der Waals surface area contributed by atoms with E-state index in [1.165, 1.54) is 0 Å². The molecule has 2 aliphatic heterocycles. The fourth-order valence-corrected chi connectivity index (χ4v) is 4.14. The summed E-state index contributed by atoms with van der Waals surface area (Å²) in [5, 5.41) is 12.8. The highest BCUT2D eigenvalue weighted by Crippen LogP contribution is 2.28. The molecule has 2 aromatic heterocycles. The number of hydrogen-bond acceptors (Lipinski definition) is 9. The van der Waals surface area contributed by atoms with E-state index in [4.69, 9.17) is 14.2 Å². The smallest absolute Gasteiger partial charge is 0.255 e. The molecule has 0 saturated carbocycles. The zero-order valence-corrected chi connectivity index (χ0v) is 19.7. The maximum atomic E-state index is 12.8. The maximum Gasteiger partial charge on any atom is 0.255 e. The van der Waals surface area contributed by atoms with Gasteiger partial charge in [-0.05, 0) is 30.3 Å². The zero-order chi connectivity index (χ0) is 24.7. The van der Waals surface area contributed by atoms with E-state index in [9.17, 15) is 10.1 Å². The molecule has 3 aromatic rings. The molecule has 0 unspecified atom stereocenters. The average Bonchev–Trinajstić information content (AvgIpc) is 2.94. The maximum absolute atomic E-state index is 12.8. The predicted octanol–water partition coefficient (Wildman–Crippen LogP) is 3.18. The highest BCUT2D eigenvalue weighted by Gasteiger charge is 2.20. The summed E-state index contributed by atoms with van der Waals surface area (Å²) < 4.78 is 16.8. The van der Waals surface area contributed by atoms with Gasteiger partial charge in [0.2, 0.25) is 5.95 Å². The second-order valence-electron chi connectivity index (χ2n) is 8.51. The minimum absolute atomic E-state index is 0.0473. The van der Waals surface area contributed by atoms with Gasteiger partial charge in [-0.3, -0.25) is 9.78 Å². The van der Waals surface area contributed by atoms with E-state index in [0.29, 0.717) is 73.7 Å². The first-order chi connectivity index (χ1) is 17.7. The number of carbonyl (C=O) groups excluding carboxylic acids is 1. The van der Waals surface area contributed by atoms with Crippen molar-refractivity contribution < 1.29 is 19.0 Å². The Balaban J connectivity index is 1.31. The molecule has 184 valence electrons. The molecular weight excluding hydrogens is 460 g/mol. The summed E-state index contributed by atoms with van der Waals surface area (Å²) >= 11 is 0. The Morgan fingerprint density at radius 3 is 2.69 bits per heavy atom. The van der Waals surface area contributed by atoms with Crippen molar-refractivity contribution in [3.05, 3.63) is 60.0 Å². The van der Waals surface area contributed by atoms with Gasteiger partial charge >= 0.3 is 0 Å². The van der Waals surface area contributed by atoms with Crippen LogP contribution in [0.25, 0.3) is 11.3 Å².